The lowest BCUT2D eigenvalue weighted by Crippen LogP contribution is -2.51. The summed E-state index contributed by atoms with van der Waals surface area (Å²) in [4.78, 5) is 0. The minimum absolute atomic E-state index is 0.148. The molecular formula is C22H32BrN2O4PS. The molecular weight excluding hydrogens is 499 g/mol. The highest BCUT2D eigenvalue weighted by Crippen LogP contribution is 2.61. The van der Waals surface area contributed by atoms with E-state index in [2.05, 4.69) is 25.7 Å². The van der Waals surface area contributed by atoms with Gasteiger partial charge in [0.25, 0.3) is 7.52 Å². The van der Waals surface area contributed by atoms with E-state index in [1.54, 1.807) is 58.9 Å². The molecule has 0 unspecified atom stereocenters. The molecule has 0 aliphatic carbocycles. The number of sulfonamides is 1. The second-order valence-electron chi connectivity index (χ2n) is 8.53. The summed E-state index contributed by atoms with van der Waals surface area (Å²) in [5, 5.41) is 1.59. The molecule has 0 bridgehead atoms. The third kappa shape index (κ3) is 5.86. The molecule has 0 spiro atoms. The number of hydrogen-bond donors (Lipinski definition) is 2. The standard InChI is InChI=1S/C22H32BrN2O4PS/c1-7-29-30(26,24-17(2)18-11-9-8-10-12-18)22(6,19-13-15-20(23)16-14-19)25-31(27,28)21(3,4)5/h8-17,25H,7H2,1-6H3,(H,24,26)/t17-,22+,30+/m0/s1. The van der Waals surface area contributed by atoms with Crippen LogP contribution in [0.3, 0.4) is 0 Å². The van der Waals surface area contributed by atoms with E-state index in [-0.39, 0.29) is 12.6 Å². The molecule has 31 heavy (non-hydrogen) atoms. The largest absolute Gasteiger partial charge is 0.316 e. The van der Waals surface area contributed by atoms with E-state index in [1.165, 1.54) is 0 Å². The zero-order chi connectivity index (χ0) is 23.5. The highest BCUT2D eigenvalue weighted by atomic mass is 79.9. The second kappa shape index (κ2) is 9.86. The molecule has 6 nitrogen and oxygen atoms in total. The maximum Gasteiger partial charge on any atom is 0.295 e. The quantitative estimate of drug-likeness (QED) is 0.393. The maximum absolute atomic E-state index is 14.4. The summed E-state index contributed by atoms with van der Waals surface area (Å²) in [6.07, 6.45) is 0. The Kier molecular flexibility index (Phi) is 8.34. The van der Waals surface area contributed by atoms with Gasteiger partial charge in [-0.3, -0.25) is 4.57 Å². The number of rotatable bonds is 9. The lowest BCUT2D eigenvalue weighted by Gasteiger charge is -2.40. The summed E-state index contributed by atoms with van der Waals surface area (Å²) in [5.74, 6) is 0. The van der Waals surface area contributed by atoms with Crippen molar-refractivity contribution in [2.75, 3.05) is 6.61 Å². The Bertz CT molecular complexity index is 1020. The first-order chi connectivity index (χ1) is 14.3. The third-order valence-electron chi connectivity index (χ3n) is 5.11. The third-order valence-corrected chi connectivity index (χ3v) is 11.0. The van der Waals surface area contributed by atoms with Crippen molar-refractivity contribution in [3.05, 3.63) is 70.2 Å². The van der Waals surface area contributed by atoms with Gasteiger partial charge >= 0.3 is 0 Å². The van der Waals surface area contributed by atoms with Gasteiger partial charge in [-0.1, -0.05) is 58.4 Å². The molecule has 2 rings (SSSR count). The Balaban J connectivity index is 2.64. The van der Waals surface area contributed by atoms with Crippen molar-refractivity contribution in [3.63, 3.8) is 0 Å². The van der Waals surface area contributed by atoms with Gasteiger partial charge in [0, 0.05) is 10.5 Å². The van der Waals surface area contributed by atoms with Gasteiger partial charge in [0.2, 0.25) is 10.0 Å². The predicted molar refractivity (Wildman–Crippen MR) is 131 cm³/mol. The zero-order valence-electron chi connectivity index (χ0n) is 18.8. The van der Waals surface area contributed by atoms with Crippen molar-refractivity contribution in [3.8, 4) is 0 Å². The van der Waals surface area contributed by atoms with Crippen LogP contribution >= 0.6 is 23.4 Å². The van der Waals surface area contributed by atoms with E-state index >= 15 is 0 Å². The molecule has 2 aromatic rings. The molecule has 0 radical (unpaired) electrons. The smallest absolute Gasteiger partial charge is 0.295 e. The maximum atomic E-state index is 14.4. The highest BCUT2D eigenvalue weighted by molar-refractivity contribution is 9.10. The van der Waals surface area contributed by atoms with Gasteiger partial charge in [-0.2, -0.15) is 4.72 Å². The van der Waals surface area contributed by atoms with Crippen LogP contribution in [0.4, 0.5) is 0 Å². The summed E-state index contributed by atoms with van der Waals surface area (Å²) < 4.78 is 49.1. The lowest BCUT2D eigenvalue weighted by molar-refractivity contribution is 0.292. The normalized spacial score (nSPS) is 17.5. The van der Waals surface area contributed by atoms with Crippen molar-refractivity contribution in [2.24, 2.45) is 0 Å². The Morgan fingerprint density at radius 1 is 1.03 bits per heavy atom. The van der Waals surface area contributed by atoms with Crippen LogP contribution in [0.15, 0.2) is 59.1 Å². The average molecular weight is 531 g/mol. The van der Waals surface area contributed by atoms with Gasteiger partial charge in [0.1, 0.15) is 5.28 Å². The minimum atomic E-state index is -3.87. The molecule has 0 saturated heterocycles. The topological polar surface area (TPSA) is 84.5 Å². The summed E-state index contributed by atoms with van der Waals surface area (Å²) in [6.45, 7) is 10.2. The molecule has 0 amide bonds. The minimum Gasteiger partial charge on any atom is -0.316 e. The van der Waals surface area contributed by atoms with Crippen molar-refractivity contribution in [2.45, 2.75) is 57.6 Å². The van der Waals surface area contributed by atoms with Crippen LogP contribution in [0.1, 0.15) is 58.7 Å². The predicted octanol–water partition coefficient (Wildman–Crippen LogP) is 5.92. The van der Waals surface area contributed by atoms with Gasteiger partial charge in [-0.15, -0.1) is 0 Å². The highest BCUT2D eigenvalue weighted by Gasteiger charge is 2.52. The molecule has 0 aliphatic heterocycles. The molecule has 0 saturated carbocycles. The van der Waals surface area contributed by atoms with Crippen LogP contribution < -0.4 is 9.81 Å². The number of hydrogen-bond acceptors (Lipinski definition) is 4. The molecule has 2 N–H and O–H groups in total. The summed E-state index contributed by atoms with van der Waals surface area (Å²) in [6, 6.07) is 16.3. The summed E-state index contributed by atoms with van der Waals surface area (Å²) >= 11 is 3.40. The molecule has 0 aromatic heterocycles. The fraction of sp³-hybridized carbons (Fsp3) is 0.455. The van der Waals surface area contributed by atoms with Gasteiger partial charge in [-0.05, 0) is 64.8 Å². The molecule has 0 fully saturated rings. The molecule has 9 heteroatoms. The molecule has 3 atom stereocenters. The van der Waals surface area contributed by atoms with Crippen LogP contribution in [0.25, 0.3) is 0 Å². The number of halogens is 1. The first kappa shape index (κ1) is 26.2. The zero-order valence-corrected chi connectivity index (χ0v) is 22.1. The van der Waals surface area contributed by atoms with Crippen molar-refractivity contribution in [1.29, 1.82) is 0 Å². The van der Waals surface area contributed by atoms with E-state index in [0.717, 1.165) is 10.0 Å². The van der Waals surface area contributed by atoms with Crippen LogP contribution in [0, 0.1) is 0 Å². The second-order valence-corrected chi connectivity index (χ2v) is 14.4. The average Bonchev–Trinajstić information content (AvgIpc) is 2.68. The van der Waals surface area contributed by atoms with Crippen LogP contribution in [-0.2, 0) is 24.4 Å². The van der Waals surface area contributed by atoms with Crippen molar-refractivity contribution in [1.82, 2.24) is 9.81 Å². The Morgan fingerprint density at radius 2 is 1.58 bits per heavy atom. The van der Waals surface area contributed by atoms with Gasteiger partial charge in [-0.25, -0.2) is 13.5 Å². The van der Waals surface area contributed by atoms with Crippen LogP contribution in [0.5, 0.6) is 0 Å². The first-order valence-corrected chi connectivity index (χ1v) is 14.0. The number of benzene rings is 2. The molecule has 0 aliphatic rings. The first-order valence-electron chi connectivity index (χ1n) is 10.1. The van der Waals surface area contributed by atoms with Gasteiger partial charge < -0.3 is 4.52 Å². The fourth-order valence-electron chi connectivity index (χ4n) is 3.03. The molecule has 2 aromatic carbocycles. The van der Waals surface area contributed by atoms with Crippen molar-refractivity contribution < 1.29 is 17.5 Å². The lowest BCUT2D eigenvalue weighted by atomic mass is 10.1. The molecule has 0 heterocycles. The van der Waals surface area contributed by atoms with E-state index in [0.29, 0.717) is 5.56 Å². The van der Waals surface area contributed by atoms with E-state index in [4.69, 9.17) is 4.52 Å². The number of nitrogens with one attached hydrogen (secondary N) is 2. The Labute approximate surface area is 194 Å². The van der Waals surface area contributed by atoms with Crippen LogP contribution in [0.2, 0.25) is 0 Å². The molecule has 172 valence electrons. The summed E-state index contributed by atoms with van der Waals surface area (Å²) in [5.41, 5.74) is 1.45. The van der Waals surface area contributed by atoms with Crippen molar-refractivity contribution >= 4 is 33.5 Å². The van der Waals surface area contributed by atoms with E-state index in [9.17, 15) is 13.0 Å². The van der Waals surface area contributed by atoms with E-state index < -0.39 is 27.6 Å². The van der Waals surface area contributed by atoms with E-state index in [1.807, 2.05) is 37.3 Å². The van der Waals surface area contributed by atoms with Gasteiger partial charge in [0.05, 0.1) is 11.4 Å². The fourth-order valence-corrected chi connectivity index (χ4v) is 7.18. The SMILES string of the molecule is CCO[P@@](=O)(N[C@@H](C)c1ccccc1)[C@@](C)(NS(=O)(=O)C(C)(C)C)c1ccc(Br)cc1. The van der Waals surface area contributed by atoms with Gasteiger partial charge in [0.15, 0.2) is 0 Å². The van der Waals surface area contributed by atoms with Crippen LogP contribution in [-0.4, -0.2) is 19.8 Å². The monoisotopic (exact) mass is 530 g/mol. The Morgan fingerprint density at radius 3 is 2.06 bits per heavy atom. The summed E-state index contributed by atoms with van der Waals surface area (Å²) in [7, 11) is -7.69. The Hall–Kier alpha value is -1.02.